The molecule has 0 bridgehead atoms. The van der Waals surface area contributed by atoms with Gasteiger partial charge in [0.25, 0.3) is 0 Å². The second kappa shape index (κ2) is 12.7. The molecule has 0 aliphatic rings. The molecule has 20 heavy (non-hydrogen) atoms. The minimum Gasteiger partial charge on any atom is -0.0654 e. The van der Waals surface area contributed by atoms with Crippen LogP contribution >= 0.6 is 0 Å². The smallest absolute Gasteiger partial charge is 0.0303 e. The molecule has 0 saturated heterocycles. The van der Waals surface area contributed by atoms with Gasteiger partial charge in [-0.3, -0.25) is 0 Å². The second-order valence-corrected chi connectivity index (χ2v) is 7.28. The van der Waals surface area contributed by atoms with E-state index in [0.717, 1.165) is 5.92 Å². The Morgan fingerprint density at radius 2 is 1.20 bits per heavy atom. The molecule has 0 aliphatic heterocycles. The third-order valence-corrected chi connectivity index (χ3v) is 5.59. The van der Waals surface area contributed by atoms with Crippen molar-refractivity contribution in [2.45, 2.75) is 118 Å². The van der Waals surface area contributed by atoms with Crippen LogP contribution < -0.4 is 0 Å². The van der Waals surface area contributed by atoms with Crippen LogP contribution in [0.1, 0.15) is 118 Å². The van der Waals surface area contributed by atoms with Gasteiger partial charge in [-0.25, -0.2) is 0 Å². The van der Waals surface area contributed by atoms with Crippen LogP contribution in [0, 0.1) is 11.3 Å². The van der Waals surface area contributed by atoms with Crippen LogP contribution in [0.25, 0.3) is 0 Å². The highest BCUT2D eigenvalue weighted by molar-refractivity contribution is 4.78. The van der Waals surface area contributed by atoms with Crippen LogP contribution in [0.3, 0.4) is 0 Å². The number of unbranched alkanes of at least 4 members (excludes halogenated alkanes) is 8. The van der Waals surface area contributed by atoms with Crippen LogP contribution in [-0.4, -0.2) is 0 Å². The van der Waals surface area contributed by atoms with Crippen LogP contribution in [-0.2, 0) is 0 Å². The molecule has 0 aliphatic carbocycles. The lowest BCUT2D eigenvalue weighted by Gasteiger charge is -2.35. The normalized spacial score (nSPS) is 16.1. The summed E-state index contributed by atoms with van der Waals surface area (Å²) in [5, 5.41) is 0. The van der Waals surface area contributed by atoms with Crippen molar-refractivity contribution in [3.63, 3.8) is 0 Å². The Bertz CT molecular complexity index is 196. The van der Waals surface area contributed by atoms with E-state index in [0.29, 0.717) is 5.41 Å². The maximum atomic E-state index is 2.55. The summed E-state index contributed by atoms with van der Waals surface area (Å²) in [5.41, 5.74) is 0.594. The van der Waals surface area contributed by atoms with E-state index in [-0.39, 0.29) is 0 Å². The van der Waals surface area contributed by atoms with Gasteiger partial charge in [-0.2, -0.15) is 0 Å². The first-order valence-electron chi connectivity index (χ1n) is 9.60. The van der Waals surface area contributed by atoms with E-state index >= 15 is 0 Å². The fourth-order valence-corrected chi connectivity index (χ4v) is 3.31. The molecular formula is C20H42. The van der Waals surface area contributed by atoms with Crippen molar-refractivity contribution in [3.05, 3.63) is 0 Å². The van der Waals surface area contributed by atoms with E-state index in [4.69, 9.17) is 0 Å². The first kappa shape index (κ1) is 20.0. The van der Waals surface area contributed by atoms with Gasteiger partial charge in [0.15, 0.2) is 0 Å². The van der Waals surface area contributed by atoms with Gasteiger partial charge in [0.1, 0.15) is 0 Å². The summed E-state index contributed by atoms with van der Waals surface area (Å²) < 4.78 is 0. The Hall–Kier alpha value is 0. The molecule has 0 saturated carbocycles. The largest absolute Gasteiger partial charge is 0.0654 e. The minimum atomic E-state index is 0.594. The molecule has 0 heterocycles. The number of hydrogen-bond acceptors (Lipinski definition) is 0. The first-order chi connectivity index (χ1) is 9.60. The Kier molecular flexibility index (Phi) is 12.7. The summed E-state index contributed by atoms with van der Waals surface area (Å²) in [6, 6.07) is 0. The fraction of sp³-hybridized carbons (Fsp3) is 1.00. The Morgan fingerprint density at radius 1 is 0.700 bits per heavy atom. The van der Waals surface area contributed by atoms with Gasteiger partial charge in [0, 0.05) is 0 Å². The Balaban J connectivity index is 3.85. The highest BCUT2D eigenvalue weighted by Gasteiger charge is 2.28. The summed E-state index contributed by atoms with van der Waals surface area (Å²) in [5.74, 6) is 0.903. The van der Waals surface area contributed by atoms with Crippen molar-refractivity contribution in [2.75, 3.05) is 0 Å². The van der Waals surface area contributed by atoms with Gasteiger partial charge in [0.05, 0.1) is 0 Å². The molecule has 0 amide bonds. The highest BCUT2D eigenvalue weighted by Crippen LogP contribution is 2.39. The van der Waals surface area contributed by atoms with Crippen LogP contribution in [0.4, 0.5) is 0 Å². The van der Waals surface area contributed by atoms with Crippen molar-refractivity contribution in [3.8, 4) is 0 Å². The lowest BCUT2D eigenvalue weighted by Crippen LogP contribution is -2.24. The summed E-state index contributed by atoms with van der Waals surface area (Å²) in [7, 11) is 0. The van der Waals surface area contributed by atoms with Gasteiger partial charge < -0.3 is 0 Å². The Morgan fingerprint density at radius 3 is 1.75 bits per heavy atom. The quantitative estimate of drug-likeness (QED) is 0.285. The molecule has 0 nitrogen and oxygen atoms in total. The summed E-state index contributed by atoms with van der Waals surface area (Å²) in [6.45, 7) is 12.1. The first-order valence-corrected chi connectivity index (χ1v) is 9.60. The fourth-order valence-electron chi connectivity index (χ4n) is 3.31. The predicted molar refractivity (Wildman–Crippen MR) is 94.3 cm³/mol. The molecule has 0 fully saturated rings. The molecule has 0 spiro atoms. The molecule has 0 aromatic heterocycles. The SMILES string of the molecule is CCCCCCCCC(C)(CC)C(C)CCCCCC. The van der Waals surface area contributed by atoms with E-state index in [1.54, 1.807) is 0 Å². The second-order valence-electron chi connectivity index (χ2n) is 7.28. The topological polar surface area (TPSA) is 0 Å². The molecular weight excluding hydrogens is 240 g/mol. The van der Waals surface area contributed by atoms with E-state index in [2.05, 4.69) is 34.6 Å². The lowest BCUT2D eigenvalue weighted by molar-refractivity contribution is 0.156. The monoisotopic (exact) mass is 282 g/mol. The summed E-state index contributed by atoms with van der Waals surface area (Å²) in [6.07, 6.45) is 18.5. The molecule has 0 aromatic rings. The van der Waals surface area contributed by atoms with Crippen molar-refractivity contribution in [1.82, 2.24) is 0 Å². The zero-order valence-electron chi connectivity index (χ0n) is 15.3. The summed E-state index contributed by atoms with van der Waals surface area (Å²) in [4.78, 5) is 0. The lowest BCUT2D eigenvalue weighted by atomic mass is 9.70. The minimum absolute atomic E-state index is 0.594. The number of hydrogen-bond donors (Lipinski definition) is 0. The van der Waals surface area contributed by atoms with Crippen LogP contribution in [0.5, 0.6) is 0 Å². The van der Waals surface area contributed by atoms with Gasteiger partial charge in [-0.1, -0.05) is 112 Å². The van der Waals surface area contributed by atoms with Crippen molar-refractivity contribution in [1.29, 1.82) is 0 Å². The van der Waals surface area contributed by atoms with Gasteiger partial charge in [0.2, 0.25) is 0 Å². The van der Waals surface area contributed by atoms with Gasteiger partial charge in [-0.05, 0) is 17.8 Å². The molecule has 122 valence electrons. The van der Waals surface area contributed by atoms with Crippen molar-refractivity contribution >= 4 is 0 Å². The maximum Gasteiger partial charge on any atom is -0.0303 e. The molecule has 0 heteroatoms. The van der Waals surface area contributed by atoms with Crippen molar-refractivity contribution < 1.29 is 0 Å². The molecule has 0 rings (SSSR count). The molecule has 0 radical (unpaired) electrons. The zero-order chi connectivity index (χ0) is 15.3. The predicted octanol–water partition coefficient (Wildman–Crippen LogP) is 7.76. The average molecular weight is 283 g/mol. The average Bonchev–Trinajstić information content (AvgIpc) is 2.46. The van der Waals surface area contributed by atoms with E-state index in [9.17, 15) is 0 Å². The van der Waals surface area contributed by atoms with E-state index in [1.165, 1.54) is 83.5 Å². The summed E-state index contributed by atoms with van der Waals surface area (Å²) >= 11 is 0. The van der Waals surface area contributed by atoms with Gasteiger partial charge >= 0.3 is 0 Å². The highest BCUT2D eigenvalue weighted by atomic mass is 14.3. The van der Waals surface area contributed by atoms with Crippen LogP contribution in [0.15, 0.2) is 0 Å². The molecule has 0 aromatic carbocycles. The molecule has 2 atom stereocenters. The van der Waals surface area contributed by atoms with Crippen LogP contribution in [0.2, 0.25) is 0 Å². The number of rotatable bonds is 14. The Labute approximate surface area is 130 Å². The van der Waals surface area contributed by atoms with E-state index < -0.39 is 0 Å². The van der Waals surface area contributed by atoms with Gasteiger partial charge in [-0.15, -0.1) is 0 Å². The third-order valence-electron chi connectivity index (χ3n) is 5.59. The zero-order valence-corrected chi connectivity index (χ0v) is 15.3. The maximum absolute atomic E-state index is 2.55. The molecule has 2 unspecified atom stereocenters. The van der Waals surface area contributed by atoms with E-state index in [1.807, 2.05) is 0 Å². The standard InChI is InChI=1S/C20H42/c1-6-9-11-13-14-16-18-20(5,8-3)19(4)17-15-12-10-7-2/h19H,6-18H2,1-5H3. The third kappa shape index (κ3) is 9.03. The van der Waals surface area contributed by atoms with Crippen molar-refractivity contribution in [2.24, 2.45) is 11.3 Å². The molecule has 0 N–H and O–H groups in total.